The van der Waals surface area contributed by atoms with Crippen LogP contribution in [0.4, 0.5) is 0 Å². The van der Waals surface area contributed by atoms with Gasteiger partial charge in [0.2, 0.25) is 0 Å². The minimum Gasteiger partial charge on any atom is -0.293 e. The van der Waals surface area contributed by atoms with Gasteiger partial charge in [0.1, 0.15) is 5.92 Å². The van der Waals surface area contributed by atoms with Gasteiger partial charge in [-0.15, -0.1) is 0 Å². The maximum atomic E-state index is 11.7. The van der Waals surface area contributed by atoms with Crippen LogP contribution in [-0.4, -0.2) is 5.78 Å². The van der Waals surface area contributed by atoms with Crippen molar-refractivity contribution in [3.63, 3.8) is 0 Å². The number of carbonyl (C=O) groups excluding carboxylic acids is 1. The van der Waals surface area contributed by atoms with Crippen LogP contribution in [-0.2, 0) is 4.79 Å². The van der Waals surface area contributed by atoms with Gasteiger partial charge in [-0.2, -0.15) is 5.26 Å². The van der Waals surface area contributed by atoms with Crippen molar-refractivity contribution in [2.75, 3.05) is 0 Å². The second-order valence-electron chi connectivity index (χ2n) is 4.22. The van der Waals surface area contributed by atoms with E-state index in [0.29, 0.717) is 0 Å². The second-order valence-corrected chi connectivity index (χ2v) is 4.22. The molecule has 80 valence electrons. The highest BCUT2D eigenvalue weighted by Gasteiger charge is 2.31. The third-order valence-electron chi connectivity index (χ3n) is 3.01. The van der Waals surface area contributed by atoms with Gasteiger partial charge in [-0.05, 0) is 25.0 Å². The van der Waals surface area contributed by atoms with Crippen LogP contribution in [0.2, 0.25) is 0 Å². The Bertz CT molecular complexity index is 467. The van der Waals surface area contributed by atoms with Gasteiger partial charge in [-0.1, -0.05) is 35.9 Å². The molecule has 1 aromatic rings. The van der Waals surface area contributed by atoms with E-state index in [1.165, 1.54) is 0 Å². The Labute approximate surface area is 95.2 Å². The van der Waals surface area contributed by atoms with Gasteiger partial charge in [0.15, 0.2) is 5.78 Å². The van der Waals surface area contributed by atoms with E-state index in [-0.39, 0.29) is 11.7 Å². The average molecular weight is 211 g/mol. The van der Waals surface area contributed by atoms with E-state index < -0.39 is 5.92 Å². The molecule has 2 unspecified atom stereocenters. The van der Waals surface area contributed by atoms with Gasteiger partial charge in [0, 0.05) is 5.92 Å². The van der Waals surface area contributed by atoms with Crippen LogP contribution in [0.25, 0.3) is 0 Å². The molecule has 1 aliphatic carbocycles. The second kappa shape index (κ2) is 4.32. The summed E-state index contributed by atoms with van der Waals surface area (Å²) in [5.74, 6) is -0.560. The molecule has 2 atom stereocenters. The minimum absolute atomic E-state index is 0.0173. The van der Waals surface area contributed by atoms with Crippen LogP contribution >= 0.6 is 0 Å². The van der Waals surface area contributed by atoms with Crippen LogP contribution < -0.4 is 0 Å². The number of hydrogen-bond acceptors (Lipinski definition) is 2. The molecule has 0 aromatic heterocycles. The Hall–Kier alpha value is -1.88. The highest BCUT2D eigenvalue weighted by molar-refractivity contribution is 5.95. The maximum absolute atomic E-state index is 11.7. The highest BCUT2D eigenvalue weighted by atomic mass is 16.1. The molecule has 0 fully saturated rings. The Morgan fingerprint density at radius 1 is 1.31 bits per heavy atom. The first-order valence-corrected chi connectivity index (χ1v) is 5.38. The Balaban J connectivity index is 2.38. The lowest BCUT2D eigenvalue weighted by atomic mass is 9.76. The molecule has 2 rings (SSSR count). The topological polar surface area (TPSA) is 40.9 Å². The van der Waals surface area contributed by atoms with E-state index in [0.717, 1.165) is 17.6 Å². The van der Waals surface area contributed by atoms with Crippen molar-refractivity contribution in [2.45, 2.75) is 19.3 Å². The molecule has 0 aliphatic heterocycles. The minimum atomic E-state index is -0.522. The van der Waals surface area contributed by atoms with Crippen LogP contribution in [0.5, 0.6) is 0 Å². The van der Waals surface area contributed by atoms with Gasteiger partial charge in [-0.3, -0.25) is 4.79 Å². The fourth-order valence-corrected chi connectivity index (χ4v) is 2.22. The predicted octanol–water partition coefficient (Wildman–Crippen LogP) is 2.83. The van der Waals surface area contributed by atoms with Crippen molar-refractivity contribution in [1.82, 2.24) is 0 Å². The summed E-state index contributed by atoms with van der Waals surface area (Å²) in [6, 6.07) is 11.9. The third-order valence-corrected chi connectivity index (χ3v) is 3.01. The van der Waals surface area contributed by atoms with E-state index in [1.807, 2.05) is 37.3 Å². The van der Waals surface area contributed by atoms with Crippen molar-refractivity contribution in [1.29, 1.82) is 5.26 Å². The maximum Gasteiger partial charge on any atom is 0.173 e. The summed E-state index contributed by atoms with van der Waals surface area (Å²) in [6.45, 7) is 1.95. The van der Waals surface area contributed by atoms with Crippen LogP contribution in [0.3, 0.4) is 0 Å². The predicted molar refractivity (Wildman–Crippen MR) is 61.7 cm³/mol. The SMILES string of the molecule is CC1=CC(=O)C(C#N)C(c2ccccc2)C1. The summed E-state index contributed by atoms with van der Waals surface area (Å²) in [7, 11) is 0. The Kier molecular flexibility index (Phi) is 2.87. The van der Waals surface area contributed by atoms with Gasteiger partial charge in [0.05, 0.1) is 6.07 Å². The largest absolute Gasteiger partial charge is 0.293 e. The van der Waals surface area contributed by atoms with E-state index in [2.05, 4.69) is 6.07 Å². The number of benzene rings is 1. The van der Waals surface area contributed by atoms with Gasteiger partial charge in [0.25, 0.3) is 0 Å². The van der Waals surface area contributed by atoms with Crippen molar-refractivity contribution in [3.05, 3.63) is 47.5 Å². The van der Waals surface area contributed by atoms with E-state index in [4.69, 9.17) is 5.26 Å². The number of nitrogens with zero attached hydrogens (tertiary/aromatic N) is 1. The van der Waals surface area contributed by atoms with Crippen LogP contribution in [0, 0.1) is 17.2 Å². The number of rotatable bonds is 1. The molecule has 0 spiro atoms. The molecule has 2 nitrogen and oxygen atoms in total. The molecule has 0 amide bonds. The van der Waals surface area contributed by atoms with E-state index in [1.54, 1.807) is 6.08 Å². The number of carbonyl (C=O) groups is 1. The van der Waals surface area contributed by atoms with E-state index >= 15 is 0 Å². The van der Waals surface area contributed by atoms with E-state index in [9.17, 15) is 4.79 Å². The monoisotopic (exact) mass is 211 g/mol. The van der Waals surface area contributed by atoms with Crippen molar-refractivity contribution in [3.8, 4) is 6.07 Å². The first-order valence-electron chi connectivity index (χ1n) is 5.38. The molecular formula is C14H13NO. The van der Waals surface area contributed by atoms with Crippen LogP contribution in [0.15, 0.2) is 42.0 Å². The summed E-state index contributed by atoms with van der Waals surface area (Å²) < 4.78 is 0. The Morgan fingerprint density at radius 2 is 2.00 bits per heavy atom. The summed E-state index contributed by atoms with van der Waals surface area (Å²) in [5, 5.41) is 9.08. The molecule has 0 N–H and O–H groups in total. The van der Waals surface area contributed by atoms with Gasteiger partial charge >= 0.3 is 0 Å². The molecule has 0 heterocycles. The fourth-order valence-electron chi connectivity index (χ4n) is 2.22. The van der Waals surface area contributed by atoms with Crippen molar-refractivity contribution >= 4 is 5.78 Å². The van der Waals surface area contributed by atoms with Crippen molar-refractivity contribution in [2.24, 2.45) is 5.92 Å². The first kappa shape index (κ1) is 10.6. The van der Waals surface area contributed by atoms with Gasteiger partial charge in [-0.25, -0.2) is 0 Å². The molecule has 1 aromatic carbocycles. The average Bonchev–Trinajstić information content (AvgIpc) is 2.29. The number of ketones is 1. The number of nitriles is 1. The van der Waals surface area contributed by atoms with Crippen LogP contribution in [0.1, 0.15) is 24.8 Å². The summed E-state index contributed by atoms with van der Waals surface area (Å²) in [4.78, 5) is 11.7. The fraction of sp³-hybridized carbons (Fsp3) is 0.286. The highest BCUT2D eigenvalue weighted by Crippen LogP contribution is 2.35. The lowest BCUT2D eigenvalue weighted by Gasteiger charge is -2.25. The molecular weight excluding hydrogens is 198 g/mol. The molecule has 1 aliphatic rings. The molecule has 16 heavy (non-hydrogen) atoms. The lowest BCUT2D eigenvalue weighted by molar-refractivity contribution is -0.117. The molecule has 0 saturated carbocycles. The Morgan fingerprint density at radius 3 is 2.62 bits per heavy atom. The molecule has 2 heteroatoms. The third kappa shape index (κ3) is 1.90. The number of hydrogen-bond donors (Lipinski definition) is 0. The standard InChI is InChI=1S/C14H13NO/c1-10-7-12(11-5-3-2-4-6-11)13(9-15)14(16)8-10/h2-6,8,12-13H,7H2,1H3. The van der Waals surface area contributed by atoms with Gasteiger partial charge < -0.3 is 0 Å². The zero-order chi connectivity index (χ0) is 11.5. The molecule has 0 bridgehead atoms. The van der Waals surface area contributed by atoms with Crippen molar-refractivity contribution < 1.29 is 4.79 Å². The zero-order valence-electron chi connectivity index (χ0n) is 9.18. The quantitative estimate of drug-likeness (QED) is 0.716. The normalized spacial score (nSPS) is 24.8. The smallest absolute Gasteiger partial charge is 0.173 e. The summed E-state index contributed by atoms with van der Waals surface area (Å²) in [6.07, 6.45) is 2.40. The number of allylic oxidation sites excluding steroid dienone is 2. The zero-order valence-corrected chi connectivity index (χ0v) is 9.18. The first-order chi connectivity index (χ1) is 7.72. The lowest BCUT2D eigenvalue weighted by Crippen LogP contribution is -2.24. The molecule has 0 saturated heterocycles. The molecule has 0 radical (unpaired) electrons. The summed E-state index contributed by atoms with van der Waals surface area (Å²) in [5.41, 5.74) is 2.14. The summed E-state index contributed by atoms with van der Waals surface area (Å²) >= 11 is 0.